The van der Waals surface area contributed by atoms with Crippen LogP contribution in [-0.4, -0.2) is 74.6 Å². The minimum Gasteiger partial charge on any atom is -0.494 e. The van der Waals surface area contributed by atoms with Crippen LogP contribution in [0.1, 0.15) is 18.5 Å². The molecule has 0 aliphatic carbocycles. The summed E-state index contributed by atoms with van der Waals surface area (Å²) in [5, 5.41) is 9.29. The third-order valence-electron chi connectivity index (χ3n) is 5.72. The number of anilines is 4. The summed E-state index contributed by atoms with van der Waals surface area (Å²) in [5.41, 5.74) is 3.11. The molecular weight excluding hydrogens is 482 g/mol. The smallest absolute Gasteiger partial charge is 0.247 e. The van der Waals surface area contributed by atoms with Gasteiger partial charge < -0.3 is 30.5 Å². The number of rotatable bonds is 10. The molecule has 192 valence electrons. The molecule has 3 N–H and O–H groups in total. The number of carbonyl (C=O) groups excluding carboxylic acids is 2. The van der Waals surface area contributed by atoms with Gasteiger partial charge in [-0.1, -0.05) is 24.3 Å². The molecule has 1 aromatic heterocycles. The highest BCUT2D eigenvalue weighted by molar-refractivity contribution is 6.31. The van der Waals surface area contributed by atoms with E-state index in [0.29, 0.717) is 45.9 Å². The van der Waals surface area contributed by atoms with Gasteiger partial charge in [-0.3, -0.25) is 9.59 Å². The van der Waals surface area contributed by atoms with Crippen LogP contribution in [0.25, 0.3) is 0 Å². The van der Waals surface area contributed by atoms with Gasteiger partial charge in [-0.2, -0.15) is 0 Å². The highest BCUT2D eigenvalue weighted by atomic mass is 35.5. The van der Waals surface area contributed by atoms with Crippen LogP contribution in [0, 0.1) is 0 Å². The first kappa shape index (κ1) is 27.0. The molecule has 1 atom stereocenters. The molecule has 1 unspecified atom stereocenters. The van der Waals surface area contributed by atoms with Crippen molar-refractivity contribution in [2.75, 3.05) is 63.4 Å². The number of ether oxygens (including phenoxy) is 1. The van der Waals surface area contributed by atoms with Crippen molar-refractivity contribution in [3.63, 3.8) is 0 Å². The number of halogens is 1. The molecule has 0 radical (unpaired) electrons. The number of nitrogens with zero attached hydrogens (tertiary/aromatic N) is 4. The maximum absolute atomic E-state index is 12.2. The van der Waals surface area contributed by atoms with Gasteiger partial charge in [-0.05, 0) is 33.2 Å². The average Bonchev–Trinajstić information content (AvgIpc) is 2.85. The van der Waals surface area contributed by atoms with Crippen LogP contribution < -0.4 is 25.6 Å². The number of amides is 2. The zero-order chi connectivity index (χ0) is 26.4. The second-order valence-electron chi connectivity index (χ2n) is 8.71. The molecule has 0 saturated carbocycles. The number of nitrogens with one attached hydrogen (secondary N) is 3. The van der Waals surface area contributed by atoms with Gasteiger partial charge in [0.25, 0.3) is 0 Å². The molecule has 1 aliphatic heterocycles. The predicted molar refractivity (Wildman–Crippen MR) is 143 cm³/mol. The van der Waals surface area contributed by atoms with Crippen molar-refractivity contribution >= 4 is 46.4 Å². The van der Waals surface area contributed by atoms with E-state index in [1.165, 1.54) is 12.3 Å². The monoisotopic (exact) mass is 513 g/mol. The van der Waals surface area contributed by atoms with Gasteiger partial charge in [0.15, 0.2) is 0 Å². The van der Waals surface area contributed by atoms with Gasteiger partial charge in [-0.15, -0.1) is 0 Å². The van der Waals surface area contributed by atoms with E-state index in [4.69, 9.17) is 16.3 Å². The fourth-order valence-corrected chi connectivity index (χ4v) is 3.91. The first-order chi connectivity index (χ1) is 17.1. The summed E-state index contributed by atoms with van der Waals surface area (Å²) in [6.45, 7) is 7.24. The van der Waals surface area contributed by atoms with Crippen molar-refractivity contribution < 1.29 is 14.3 Å². The summed E-state index contributed by atoms with van der Waals surface area (Å²) in [6, 6.07) is 3.61. The minimum atomic E-state index is -0.333. The van der Waals surface area contributed by atoms with Crippen LogP contribution >= 0.6 is 11.6 Å². The average molecular weight is 514 g/mol. The highest BCUT2D eigenvalue weighted by Gasteiger charge is 2.23. The van der Waals surface area contributed by atoms with Gasteiger partial charge in [0.2, 0.25) is 17.8 Å². The first-order valence-corrected chi connectivity index (χ1v) is 11.8. The lowest BCUT2D eigenvalue weighted by atomic mass is 9.98. The standard InChI is InChI=1S/C25H32ClN7O3/c1-7-22(34)29-18-11-19(21(36-6)12-20(18)33(5)9-8-32(3)4)30-25-28-14-17(26)23(31-25)16-10-15(2)24(35)27-13-16/h7,10-12,14,16H,1,8-9,13H2,2-6H3,(H,27,35)(H,29,34)(H,28,30,31). The lowest BCUT2D eigenvalue weighted by molar-refractivity contribution is -0.117. The van der Waals surface area contributed by atoms with Crippen LogP contribution in [-0.2, 0) is 9.59 Å². The normalized spacial score (nSPS) is 15.1. The van der Waals surface area contributed by atoms with E-state index in [1.807, 2.05) is 38.2 Å². The molecule has 36 heavy (non-hydrogen) atoms. The van der Waals surface area contributed by atoms with Crippen molar-refractivity contribution in [3.8, 4) is 5.75 Å². The molecule has 0 bridgehead atoms. The van der Waals surface area contributed by atoms with Crippen LogP contribution in [0.2, 0.25) is 5.02 Å². The first-order valence-electron chi connectivity index (χ1n) is 11.4. The molecule has 2 amide bonds. The molecule has 1 aromatic carbocycles. The summed E-state index contributed by atoms with van der Waals surface area (Å²) in [4.78, 5) is 37.0. The largest absolute Gasteiger partial charge is 0.494 e. The predicted octanol–water partition coefficient (Wildman–Crippen LogP) is 3.16. The van der Waals surface area contributed by atoms with Crippen molar-refractivity contribution in [2.45, 2.75) is 12.8 Å². The second-order valence-corrected chi connectivity index (χ2v) is 9.11. The Morgan fingerprint density at radius 3 is 2.69 bits per heavy atom. The highest BCUT2D eigenvalue weighted by Crippen LogP contribution is 2.38. The van der Waals surface area contributed by atoms with Crippen molar-refractivity contribution in [1.29, 1.82) is 0 Å². The molecule has 2 heterocycles. The lowest BCUT2D eigenvalue weighted by Crippen LogP contribution is -2.33. The van der Waals surface area contributed by atoms with E-state index in [9.17, 15) is 9.59 Å². The molecule has 0 fully saturated rings. The summed E-state index contributed by atoms with van der Waals surface area (Å²) >= 11 is 6.40. The quantitative estimate of drug-likeness (QED) is 0.415. The molecule has 0 spiro atoms. The number of hydrogen-bond acceptors (Lipinski definition) is 8. The topological polar surface area (TPSA) is 112 Å². The Balaban J connectivity index is 1.98. The van der Waals surface area contributed by atoms with Gasteiger partial charge in [0.1, 0.15) is 5.75 Å². The van der Waals surface area contributed by atoms with Crippen molar-refractivity contribution in [2.24, 2.45) is 0 Å². The molecule has 10 nitrogen and oxygen atoms in total. The molecule has 11 heteroatoms. The van der Waals surface area contributed by atoms with E-state index in [1.54, 1.807) is 20.1 Å². The third-order valence-corrected chi connectivity index (χ3v) is 6.01. The molecular formula is C25H32ClN7O3. The number of benzene rings is 1. The van der Waals surface area contributed by atoms with Crippen molar-refractivity contribution in [3.05, 3.63) is 53.4 Å². The van der Waals surface area contributed by atoms with E-state index < -0.39 is 0 Å². The Bertz CT molecular complexity index is 1180. The SMILES string of the molecule is C=CC(=O)Nc1cc(Nc2ncc(Cl)c(C3C=C(C)C(=O)NC3)n2)c(OC)cc1N(C)CCN(C)C. The Hall–Kier alpha value is -3.63. The van der Waals surface area contributed by atoms with E-state index in [0.717, 1.165) is 18.8 Å². The molecule has 3 rings (SSSR count). The molecule has 1 aliphatic rings. The molecule has 0 saturated heterocycles. The summed E-state index contributed by atoms with van der Waals surface area (Å²) in [6.07, 6.45) is 4.58. The number of hydrogen-bond donors (Lipinski definition) is 3. The van der Waals surface area contributed by atoms with E-state index in [2.05, 4.69) is 37.4 Å². The number of aromatic nitrogens is 2. The Labute approximate surface area is 216 Å². The van der Waals surface area contributed by atoms with Crippen LogP contribution in [0.4, 0.5) is 23.0 Å². The van der Waals surface area contributed by atoms with E-state index >= 15 is 0 Å². The van der Waals surface area contributed by atoms with Crippen LogP contribution in [0.5, 0.6) is 5.75 Å². The van der Waals surface area contributed by atoms with Crippen molar-refractivity contribution in [1.82, 2.24) is 20.2 Å². The van der Waals surface area contributed by atoms with Crippen LogP contribution in [0.15, 0.2) is 42.6 Å². The van der Waals surface area contributed by atoms with E-state index in [-0.39, 0.29) is 17.7 Å². The third kappa shape index (κ3) is 6.52. The van der Waals surface area contributed by atoms with Gasteiger partial charge in [-0.25, -0.2) is 9.97 Å². The summed E-state index contributed by atoms with van der Waals surface area (Å²) < 4.78 is 5.65. The zero-order valence-electron chi connectivity index (χ0n) is 21.2. The summed E-state index contributed by atoms with van der Waals surface area (Å²) in [7, 11) is 7.52. The second kappa shape index (κ2) is 11.9. The maximum Gasteiger partial charge on any atom is 0.247 e. The Morgan fingerprint density at radius 1 is 1.31 bits per heavy atom. The van der Waals surface area contributed by atoms with Crippen LogP contribution in [0.3, 0.4) is 0 Å². The lowest BCUT2D eigenvalue weighted by Gasteiger charge is -2.26. The fourth-order valence-electron chi connectivity index (χ4n) is 3.68. The number of methoxy groups -OCH3 is 1. The fraction of sp³-hybridized carbons (Fsp3) is 0.360. The number of carbonyl (C=O) groups is 2. The molecule has 2 aromatic rings. The van der Waals surface area contributed by atoms with Gasteiger partial charge >= 0.3 is 0 Å². The number of likely N-dealkylation sites (N-methyl/N-ethyl adjacent to an activating group) is 2. The Kier molecular flexibility index (Phi) is 8.89. The minimum absolute atomic E-state index is 0.107. The maximum atomic E-state index is 12.2. The Morgan fingerprint density at radius 2 is 2.06 bits per heavy atom. The van der Waals surface area contributed by atoms with Gasteiger partial charge in [0.05, 0.1) is 41.1 Å². The summed E-state index contributed by atoms with van der Waals surface area (Å²) in [5.74, 6) is 0.212. The zero-order valence-corrected chi connectivity index (χ0v) is 21.9. The van der Waals surface area contributed by atoms with Gasteiger partial charge in [0, 0.05) is 44.2 Å².